The van der Waals surface area contributed by atoms with Crippen molar-refractivity contribution in [2.24, 2.45) is 5.73 Å². The highest BCUT2D eigenvalue weighted by Gasteiger charge is 2.21. The number of benzene rings is 1. The molecule has 1 aliphatic carbocycles. The van der Waals surface area contributed by atoms with Crippen LogP contribution in [0, 0.1) is 0 Å². The van der Waals surface area contributed by atoms with Crippen molar-refractivity contribution >= 4 is 0 Å². The molecule has 0 saturated carbocycles. The standard InChI is InChI=1S/C12H15NO/c13-11-3-1-2-8-7-12-9(4-5-14-12)6-10(8)11/h6-7,11H,1-5,13H2. The number of hydrogen-bond donors (Lipinski definition) is 1. The number of nitrogens with two attached hydrogens (primary N) is 1. The lowest BCUT2D eigenvalue weighted by molar-refractivity contribution is 0.356. The highest BCUT2D eigenvalue weighted by atomic mass is 16.5. The number of fused-ring (bicyclic) bond motifs is 2. The second kappa shape index (κ2) is 2.99. The fourth-order valence-corrected chi connectivity index (χ4v) is 2.52. The van der Waals surface area contributed by atoms with Gasteiger partial charge >= 0.3 is 0 Å². The van der Waals surface area contributed by atoms with E-state index in [2.05, 4.69) is 12.1 Å². The molecule has 1 aromatic rings. The van der Waals surface area contributed by atoms with Crippen LogP contribution in [0.3, 0.4) is 0 Å². The summed E-state index contributed by atoms with van der Waals surface area (Å²) in [6.45, 7) is 0.841. The van der Waals surface area contributed by atoms with Crippen molar-refractivity contribution in [2.45, 2.75) is 31.7 Å². The molecule has 1 aromatic carbocycles. The van der Waals surface area contributed by atoms with Gasteiger partial charge in [-0.25, -0.2) is 0 Å². The molecule has 0 radical (unpaired) electrons. The molecule has 1 unspecified atom stereocenters. The lowest BCUT2D eigenvalue weighted by Crippen LogP contribution is -2.17. The third kappa shape index (κ3) is 1.14. The minimum Gasteiger partial charge on any atom is -0.493 e. The van der Waals surface area contributed by atoms with Gasteiger partial charge < -0.3 is 10.5 Å². The number of aryl methyl sites for hydroxylation is 1. The molecule has 2 N–H and O–H groups in total. The first-order chi connectivity index (χ1) is 6.84. The smallest absolute Gasteiger partial charge is 0.122 e. The van der Waals surface area contributed by atoms with Crippen LogP contribution >= 0.6 is 0 Å². The highest BCUT2D eigenvalue weighted by Crippen LogP contribution is 2.35. The maximum atomic E-state index is 6.10. The molecule has 0 amide bonds. The molecule has 2 aliphatic rings. The van der Waals surface area contributed by atoms with Crippen LogP contribution in [0.25, 0.3) is 0 Å². The molecule has 0 saturated heterocycles. The first kappa shape index (κ1) is 8.30. The van der Waals surface area contributed by atoms with E-state index in [1.165, 1.54) is 29.5 Å². The van der Waals surface area contributed by atoms with Crippen LogP contribution in [0.5, 0.6) is 5.75 Å². The van der Waals surface area contributed by atoms with E-state index < -0.39 is 0 Å². The predicted octanol–water partition coefficient (Wildman–Crippen LogP) is 1.96. The second-order valence-electron chi connectivity index (χ2n) is 4.26. The quantitative estimate of drug-likeness (QED) is 0.677. The van der Waals surface area contributed by atoms with Crippen molar-refractivity contribution in [3.8, 4) is 5.75 Å². The summed E-state index contributed by atoms with van der Waals surface area (Å²) in [5, 5.41) is 0. The summed E-state index contributed by atoms with van der Waals surface area (Å²) in [6.07, 6.45) is 4.56. The first-order valence-electron chi connectivity index (χ1n) is 5.38. The van der Waals surface area contributed by atoms with Crippen LogP contribution in [0.1, 0.15) is 35.6 Å². The maximum Gasteiger partial charge on any atom is 0.122 e. The van der Waals surface area contributed by atoms with Crippen LogP contribution < -0.4 is 10.5 Å². The molecule has 2 heteroatoms. The fraction of sp³-hybridized carbons (Fsp3) is 0.500. The lowest BCUT2D eigenvalue weighted by Gasteiger charge is -2.22. The normalized spacial score (nSPS) is 23.9. The van der Waals surface area contributed by atoms with E-state index in [1.54, 1.807) is 0 Å². The van der Waals surface area contributed by atoms with Crippen LogP contribution in [0.4, 0.5) is 0 Å². The third-order valence-electron chi connectivity index (χ3n) is 3.31. The molecule has 0 aromatic heterocycles. The van der Waals surface area contributed by atoms with Crippen LogP contribution in [-0.2, 0) is 12.8 Å². The third-order valence-corrected chi connectivity index (χ3v) is 3.31. The number of ether oxygens (including phenoxy) is 1. The largest absolute Gasteiger partial charge is 0.493 e. The van der Waals surface area contributed by atoms with E-state index in [1.807, 2.05) is 0 Å². The van der Waals surface area contributed by atoms with Gasteiger partial charge in [0.05, 0.1) is 6.61 Å². The Labute approximate surface area is 84.1 Å². The fourth-order valence-electron chi connectivity index (χ4n) is 2.52. The Morgan fingerprint density at radius 3 is 3.07 bits per heavy atom. The highest BCUT2D eigenvalue weighted by molar-refractivity contribution is 5.46. The SMILES string of the molecule is NC1CCCc2cc3c(cc21)CCO3. The van der Waals surface area contributed by atoms with Crippen LogP contribution in [0.2, 0.25) is 0 Å². The molecular weight excluding hydrogens is 174 g/mol. The molecule has 0 spiro atoms. The van der Waals surface area contributed by atoms with E-state index >= 15 is 0 Å². The zero-order valence-corrected chi connectivity index (χ0v) is 8.25. The maximum absolute atomic E-state index is 6.10. The van der Waals surface area contributed by atoms with E-state index in [9.17, 15) is 0 Å². The summed E-state index contributed by atoms with van der Waals surface area (Å²) in [5.41, 5.74) is 10.2. The summed E-state index contributed by atoms with van der Waals surface area (Å²) < 4.78 is 5.56. The van der Waals surface area contributed by atoms with Gasteiger partial charge in [0.1, 0.15) is 5.75 Å². The minimum atomic E-state index is 0.254. The van der Waals surface area contributed by atoms with Crippen LogP contribution in [0.15, 0.2) is 12.1 Å². The Balaban J connectivity index is 2.12. The number of rotatable bonds is 0. The summed E-state index contributed by atoms with van der Waals surface area (Å²) in [5.74, 6) is 1.10. The summed E-state index contributed by atoms with van der Waals surface area (Å²) >= 11 is 0. The van der Waals surface area contributed by atoms with Gasteiger partial charge in [-0.05, 0) is 42.0 Å². The van der Waals surface area contributed by atoms with Gasteiger partial charge in [-0.2, -0.15) is 0 Å². The molecule has 0 fully saturated rings. The predicted molar refractivity (Wildman–Crippen MR) is 55.5 cm³/mol. The zero-order valence-electron chi connectivity index (χ0n) is 8.25. The molecule has 3 rings (SSSR count). The van der Waals surface area contributed by atoms with Crippen molar-refractivity contribution < 1.29 is 4.74 Å². The Morgan fingerprint density at radius 2 is 2.14 bits per heavy atom. The Morgan fingerprint density at radius 1 is 1.21 bits per heavy atom. The van der Waals surface area contributed by atoms with Crippen molar-refractivity contribution in [1.29, 1.82) is 0 Å². The minimum absolute atomic E-state index is 0.254. The topological polar surface area (TPSA) is 35.2 Å². The Hall–Kier alpha value is -1.02. The monoisotopic (exact) mass is 189 g/mol. The summed E-state index contributed by atoms with van der Waals surface area (Å²) in [7, 11) is 0. The molecule has 1 heterocycles. The van der Waals surface area contributed by atoms with Gasteiger partial charge in [0.25, 0.3) is 0 Å². The van der Waals surface area contributed by atoms with Crippen molar-refractivity contribution in [1.82, 2.24) is 0 Å². The second-order valence-corrected chi connectivity index (χ2v) is 4.26. The van der Waals surface area contributed by atoms with E-state index in [0.29, 0.717) is 0 Å². The van der Waals surface area contributed by atoms with Crippen molar-refractivity contribution in [3.63, 3.8) is 0 Å². The van der Waals surface area contributed by atoms with Crippen molar-refractivity contribution in [3.05, 3.63) is 28.8 Å². The molecule has 14 heavy (non-hydrogen) atoms. The molecular formula is C12H15NO. The van der Waals surface area contributed by atoms with Gasteiger partial charge in [0.15, 0.2) is 0 Å². The number of hydrogen-bond acceptors (Lipinski definition) is 2. The molecule has 0 bridgehead atoms. The summed E-state index contributed by atoms with van der Waals surface area (Å²) in [4.78, 5) is 0. The Bertz CT molecular complexity index is 373. The van der Waals surface area contributed by atoms with Crippen molar-refractivity contribution in [2.75, 3.05) is 6.61 Å². The van der Waals surface area contributed by atoms with Gasteiger partial charge in [0, 0.05) is 12.5 Å². The molecule has 1 aliphatic heterocycles. The van der Waals surface area contributed by atoms with Gasteiger partial charge in [0.2, 0.25) is 0 Å². The van der Waals surface area contributed by atoms with Crippen LogP contribution in [-0.4, -0.2) is 6.61 Å². The van der Waals surface area contributed by atoms with Gasteiger partial charge in [-0.3, -0.25) is 0 Å². The first-order valence-corrected chi connectivity index (χ1v) is 5.38. The van der Waals surface area contributed by atoms with E-state index in [4.69, 9.17) is 10.5 Å². The van der Waals surface area contributed by atoms with Gasteiger partial charge in [-0.15, -0.1) is 0 Å². The van der Waals surface area contributed by atoms with E-state index in [0.717, 1.165) is 25.2 Å². The van der Waals surface area contributed by atoms with E-state index in [-0.39, 0.29) is 6.04 Å². The average molecular weight is 189 g/mol. The zero-order chi connectivity index (χ0) is 9.54. The lowest BCUT2D eigenvalue weighted by atomic mass is 9.86. The molecule has 1 atom stereocenters. The summed E-state index contributed by atoms with van der Waals surface area (Å²) in [6, 6.07) is 4.72. The molecule has 74 valence electrons. The molecule has 2 nitrogen and oxygen atoms in total. The Kier molecular flexibility index (Phi) is 1.77. The average Bonchev–Trinajstić information content (AvgIpc) is 2.62. The van der Waals surface area contributed by atoms with Gasteiger partial charge in [-0.1, -0.05) is 6.07 Å².